The summed E-state index contributed by atoms with van der Waals surface area (Å²) in [6, 6.07) is 23.6. The van der Waals surface area contributed by atoms with Crippen LogP contribution in [0.25, 0.3) is 0 Å². The Morgan fingerprint density at radius 3 is 2.31 bits per heavy atom. The maximum Gasteiger partial charge on any atom is 0.225 e. The fraction of sp³-hybridized carbons (Fsp3) is 0.360. The van der Waals surface area contributed by atoms with Crippen molar-refractivity contribution in [2.24, 2.45) is 5.92 Å². The Labute approximate surface area is 174 Å². The molecule has 4 nitrogen and oxygen atoms in total. The second-order valence-electron chi connectivity index (χ2n) is 8.09. The highest BCUT2D eigenvalue weighted by molar-refractivity contribution is 5.46. The molecule has 1 N–H and O–H groups in total. The molecule has 1 aromatic heterocycles. The predicted molar refractivity (Wildman–Crippen MR) is 120 cm³/mol. The van der Waals surface area contributed by atoms with E-state index in [0.717, 1.165) is 30.5 Å². The molecule has 0 aliphatic carbocycles. The molecule has 150 valence electrons. The Kier molecular flexibility index (Phi) is 6.09. The Bertz CT molecular complexity index is 903. The van der Waals surface area contributed by atoms with Gasteiger partial charge in [-0.3, -0.25) is 0 Å². The van der Waals surface area contributed by atoms with Crippen LogP contribution in [0.2, 0.25) is 0 Å². The zero-order chi connectivity index (χ0) is 20.1. The SMILES string of the molecule is Cc1cc(N2CCC(Cc3ccccc3)CC2)nc(NC(C)c2ccccc2)n1. The molecule has 2 aromatic carbocycles. The standard InChI is InChI=1S/C25H30N4/c1-19-17-24(28-25(26-19)27-20(2)23-11-7-4-8-12-23)29-15-13-22(14-16-29)18-21-9-5-3-6-10-21/h3-12,17,20,22H,13-16,18H2,1-2H3,(H,26,27,28). The summed E-state index contributed by atoms with van der Waals surface area (Å²) in [4.78, 5) is 11.9. The van der Waals surface area contributed by atoms with Crippen LogP contribution in [0.15, 0.2) is 66.7 Å². The van der Waals surface area contributed by atoms with Crippen molar-refractivity contribution < 1.29 is 0 Å². The molecule has 0 bridgehead atoms. The number of anilines is 2. The summed E-state index contributed by atoms with van der Waals surface area (Å²) >= 11 is 0. The first kappa shape index (κ1) is 19.4. The normalized spacial score (nSPS) is 15.9. The number of benzene rings is 2. The Hall–Kier alpha value is -2.88. The van der Waals surface area contributed by atoms with Gasteiger partial charge in [0.15, 0.2) is 0 Å². The Balaban J connectivity index is 1.39. The zero-order valence-corrected chi connectivity index (χ0v) is 17.4. The molecule has 3 aromatic rings. The molecule has 1 unspecified atom stereocenters. The molecular formula is C25H30N4. The van der Waals surface area contributed by atoms with Crippen molar-refractivity contribution in [3.63, 3.8) is 0 Å². The number of piperidine rings is 1. The number of aryl methyl sites for hydroxylation is 1. The monoisotopic (exact) mass is 386 g/mol. The van der Waals surface area contributed by atoms with Crippen LogP contribution >= 0.6 is 0 Å². The molecule has 1 aliphatic heterocycles. The van der Waals surface area contributed by atoms with Gasteiger partial charge < -0.3 is 10.2 Å². The minimum atomic E-state index is 0.169. The van der Waals surface area contributed by atoms with Gasteiger partial charge in [0.25, 0.3) is 0 Å². The summed E-state index contributed by atoms with van der Waals surface area (Å²) in [5.41, 5.74) is 3.69. The minimum Gasteiger partial charge on any atom is -0.356 e. The molecule has 0 saturated carbocycles. The van der Waals surface area contributed by atoms with E-state index in [1.807, 2.05) is 13.0 Å². The molecule has 2 heterocycles. The first-order valence-corrected chi connectivity index (χ1v) is 10.6. The number of hydrogen-bond acceptors (Lipinski definition) is 4. The lowest BCUT2D eigenvalue weighted by atomic mass is 9.90. The summed E-state index contributed by atoms with van der Waals surface area (Å²) in [5.74, 6) is 2.51. The van der Waals surface area contributed by atoms with Crippen LogP contribution in [-0.2, 0) is 6.42 Å². The maximum atomic E-state index is 4.84. The molecule has 0 radical (unpaired) electrons. The van der Waals surface area contributed by atoms with Gasteiger partial charge in [0.1, 0.15) is 5.82 Å². The maximum absolute atomic E-state index is 4.84. The summed E-state index contributed by atoms with van der Waals surface area (Å²) < 4.78 is 0. The van der Waals surface area contributed by atoms with E-state index in [0.29, 0.717) is 5.95 Å². The molecule has 4 rings (SSSR count). The molecule has 29 heavy (non-hydrogen) atoms. The topological polar surface area (TPSA) is 41.1 Å². The molecule has 0 spiro atoms. The van der Waals surface area contributed by atoms with Crippen molar-refractivity contribution in [2.45, 2.75) is 39.2 Å². The van der Waals surface area contributed by atoms with Gasteiger partial charge in [0, 0.05) is 24.8 Å². The van der Waals surface area contributed by atoms with E-state index >= 15 is 0 Å². The van der Waals surface area contributed by atoms with Crippen molar-refractivity contribution in [1.29, 1.82) is 0 Å². The van der Waals surface area contributed by atoms with Gasteiger partial charge >= 0.3 is 0 Å². The molecule has 1 fully saturated rings. The van der Waals surface area contributed by atoms with Crippen LogP contribution in [0.5, 0.6) is 0 Å². The first-order chi connectivity index (χ1) is 14.2. The van der Waals surface area contributed by atoms with Gasteiger partial charge in [0.05, 0.1) is 6.04 Å². The number of hydrogen-bond donors (Lipinski definition) is 1. The molecule has 4 heteroatoms. The van der Waals surface area contributed by atoms with E-state index in [2.05, 4.69) is 82.8 Å². The number of rotatable bonds is 6. The third-order valence-corrected chi connectivity index (χ3v) is 5.79. The van der Waals surface area contributed by atoms with Crippen molar-refractivity contribution in [3.8, 4) is 0 Å². The average Bonchev–Trinajstić information content (AvgIpc) is 2.75. The van der Waals surface area contributed by atoms with Gasteiger partial charge in [-0.1, -0.05) is 60.7 Å². The van der Waals surface area contributed by atoms with E-state index in [9.17, 15) is 0 Å². The van der Waals surface area contributed by atoms with E-state index < -0.39 is 0 Å². The fourth-order valence-corrected chi connectivity index (χ4v) is 4.11. The van der Waals surface area contributed by atoms with Crippen LogP contribution in [-0.4, -0.2) is 23.1 Å². The smallest absolute Gasteiger partial charge is 0.225 e. The number of aromatic nitrogens is 2. The number of nitrogens with one attached hydrogen (secondary N) is 1. The lowest BCUT2D eigenvalue weighted by molar-refractivity contribution is 0.402. The molecule has 1 saturated heterocycles. The Morgan fingerprint density at radius 2 is 1.62 bits per heavy atom. The second-order valence-corrected chi connectivity index (χ2v) is 8.09. The van der Waals surface area contributed by atoms with Crippen molar-refractivity contribution >= 4 is 11.8 Å². The van der Waals surface area contributed by atoms with Gasteiger partial charge in [-0.05, 0) is 50.2 Å². The third kappa shape index (κ3) is 5.14. The quantitative estimate of drug-likeness (QED) is 0.614. The predicted octanol–water partition coefficient (Wildman–Crippen LogP) is 5.42. The van der Waals surface area contributed by atoms with E-state index in [1.165, 1.54) is 30.4 Å². The van der Waals surface area contributed by atoms with Crippen LogP contribution in [0.3, 0.4) is 0 Å². The average molecular weight is 387 g/mol. The van der Waals surface area contributed by atoms with Crippen LogP contribution in [0.1, 0.15) is 42.6 Å². The minimum absolute atomic E-state index is 0.169. The summed E-state index contributed by atoms with van der Waals surface area (Å²) in [6.07, 6.45) is 3.60. The molecule has 1 aliphatic rings. The van der Waals surface area contributed by atoms with Crippen molar-refractivity contribution in [1.82, 2.24) is 9.97 Å². The number of nitrogens with zero attached hydrogens (tertiary/aromatic N) is 3. The lowest BCUT2D eigenvalue weighted by Gasteiger charge is -2.33. The van der Waals surface area contributed by atoms with Gasteiger partial charge in [-0.2, -0.15) is 4.98 Å². The molecule has 1 atom stereocenters. The lowest BCUT2D eigenvalue weighted by Crippen LogP contribution is -2.35. The van der Waals surface area contributed by atoms with Crippen LogP contribution in [0.4, 0.5) is 11.8 Å². The van der Waals surface area contributed by atoms with Crippen molar-refractivity contribution in [3.05, 3.63) is 83.6 Å². The van der Waals surface area contributed by atoms with E-state index in [1.54, 1.807) is 0 Å². The van der Waals surface area contributed by atoms with Gasteiger partial charge in [-0.25, -0.2) is 4.98 Å². The summed E-state index contributed by atoms with van der Waals surface area (Å²) in [7, 11) is 0. The molecule has 0 amide bonds. The molecular weight excluding hydrogens is 356 g/mol. The summed E-state index contributed by atoms with van der Waals surface area (Å²) in [6.45, 7) is 6.31. The highest BCUT2D eigenvalue weighted by atomic mass is 15.2. The van der Waals surface area contributed by atoms with Gasteiger partial charge in [-0.15, -0.1) is 0 Å². The van der Waals surface area contributed by atoms with Gasteiger partial charge in [0.2, 0.25) is 5.95 Å². The zero-order valence-electron chi connectivity index (χ0n) is 17.4. The first-order valence-electron chi connectivity index (χ1n) is 10.6. The highest BCUT2D eigenvalue weighted by Gasteiger charge is 2.21. The van der Waals surface area contributed by atoms with E-state index in [4.69, 9.17) is 4.98 Å². The summed E-state index contributed by atoms with van der Waals surface area (Å²) in [5, 5.41) is 3.47. The van der Waals surface area contributed by atoms with Crippen molar-refractivity contribution in [2.75, 3.05) is 23.3 Å². The largest absolute Gasteiger partial charge is 0.356 e. The van der Waals surface area contributed by atoms with Crippen LogP contribution in [0, 0.1) is 12.8 Å². The Morgan fingerprint density at radius 1 is 0.966 bits per heavy atom. The third-order valence-electron chi connectivity index (χ3n) is 5.79. The fourth-order valence-electron chi connectivity index (χ4n) is 4.11. The second kappa shape index (κ2) is 9.08. The van der Waals surface area contributed by atoms with Crippen LogP contribution < -0.4 is 10.2 Å². The van der Waals surface area contributed by atoms with E-state index in [-0.39, 0.29) is 6.04 Å². The highest BCUT2D eigenvalue weighted by Crippen LogP contribution is 2.26.